The van der Waals surface area contributed by atoms with Gasteiger partial charge in [-0.1, -0.05) is 35.9 Å². The molecule has 0 bridgehead atoms. The van der Waals surface area contributed by atoms with Crippen molar-refractivity contribution in [3.8, 4) is 0 Å². The molecule has 0 aliphatic carbocycles. The molecule has 0 aliphatic heterocycles. The largest absolute Gasteiger partial charge is 0.360 e. The Bertz CT molecular complexity index is 949. The number of para-hydroxylation sites is 1. The van der Waals surface area contributed by atoms with Crippen LogP contribution in [-0.2, 0) is 4.79 Å². The lowest BCUT2D eigenvalue weighted by Gasteiger charge is -2.16. The number of rotatable bonds is 4. The van der Waals surface area contributed by atoms with E-state index in [2.05, 4.69) is 10.3 Å². The summed E-state index contributed by atoms with van der Waals surface area (Å²) >= 11 is 6.06. The molecule has 0 aliphatic rings. The van der Waals surface area contributed by atoms with Crippen molar-refractivity contribution in [1.82, 2.24) is 9.88 Å². The maximum atomic E-state index is 12.6. The Kier molecular flexibility index (Phi) is 4.76. The summed E-state index contributed by atoms with van der Waals surface area (Å²) in [6.45, 7) is 1.84. The van der Waals surface area contributed by atoms with Gasteiger partial charge in [-0.3, -0.25) is 9.59 Å². The maximum Gasteiger partial charge on any atom is 0.256 e. The molecule has 2 N–H and O–H groups in total. The second kappa shape index (κ2) is 6.99. The van der Waals surface area contributed by atoms with Crippen LogP contribution in [0.5, 0.6) is 0 Å². The second-order valence-electron chi connectivity index (χ2n) is 5.92. The fraction of sp³-hybridized carbons (Fsp3) is 0.158. The molecule has 0 radical (unpaired) electrons. The minimum atomic E-state index is -0.282. The number of hydrogen-bond acceptors (Lipinski definition) is 2. The van der Waals surface area contributed by atoms with Gasteiger partial charge in [0.15, 0.2) is 0 Å². The van der Waals surface area contributed by atoms with Crippen LogP contribution in [0.3, 0.4) is 0 Å². The molecule has 0 saturated heterocycles. The number of likely N-dealkylation sites (N-methyl/N-ethyl adjacent to an activating group) is 1. The molecule has 3 rings (SSSR count). The number of carbonyl (C=O) groups excluding carboxylic acids is 2. The van der Waals surface area contributed by atoms with E-state index >= 15 is 0 Å². The summed E-state index contributed by atoms with van der Waals surface area (Å²) in [5, 5.41) is 4.18. The SMILES string of the molecule is Cc1ccc(NC(=O)CN(C)C(=O)c2c[nH]c3ccccc23)cc1Cl. The smallest absolute Gasteiger partial charge is 0.256 e. The molecule has 2 amide bonds. The number of amides is 2. The number of aromatic amines is 1. The van der Waals surface area contributed by atoms with Crippen LogP contribution < -0.4 is 5.32 Å². The zero-order valence-corrected chi connectivity index (χ0v) is 14.7. The predicted molar refractivity (Wildman–Crippen MR) is 100 cm³/mol. The number of aryl methyl sites for hydroxylation is 1. The Morgan fingerprint density at radius 1 is 1.20 bits per heavy atom. The molecule has 3 aromatic rings. The van der Waals surface area contributed by atoms with Crippen LogP contribution >= 0.6 is 11.6 Å². The van der Waals surface area contributed by atoms with E-state index in [-0.39, 0.29) is 18.4 Å². The third-order valence-electron chi connectivity index (χ3n) is 4.00. The molecule has 0 saturated carbocycles. The highest BCUT2D eigenvalue weighted by molar-refractivity contribution is 6.31. The van der Waals surface area contributed by atoms with Crippen molar-refractivity contribution in [2.75, 3.05) is 18.9 Å². The summed E-state index contributed by atoms with van der Waals surface area (Å²) in [6, 6.07) is 12.9. The molecule has 0 unspecified atom stereocenters. The van der Waals surface area contributed by atoms with Crippen LogP contribution in [-0.4, -0.2) is 35.3 Å². The molecule has 0 fully saturated rings. The molecule has 6 heteroatoms. The minimum absolute atomic E-state index is 0.0518. The van der Waals surface area contributed by atoms with Gasteiger partial charge in [-0.05, 0) is 30.7 Å². The highest BCUT2D eigenvalue weighted by atomic mass is 35.5. The Hall–Kier alpha value is -2.79. The van der Waals surface area contributed by atoms with Gasteiger partial charge in [0.1, 0.15) is 0 Å². The van der Waals surface area contributed by atoms with Gasteiger partial charge in [0, 0.05) is 34.9 Å². The first-order valence-electron chi connectivity index (χ1n) is 7.83. The van der Waals surface area contributed by atoms with Gasteiger partial charge in [-0.15, -0.1) is 0 Å². The molecular formula is C19H18ClN3O2. The van der Waals surface area contributed by atoms with Crippen molar-refractivity contribution in [3.05, 3.63) is 64.8 Å². The van der Waals surface area contributed by atoms with E-state index < -0.39 is 0 Å². The zero-order chi connectivity index (χ0) is 18.0. The van der Waals surface area contributed by atoms with Crippen LogP contribution in [0.4, 0.5) is 5.69 Å². The molecule has 128 valence electrons. The van der Waals surface area contributed by atoms with Crippen LogP contribution in [0.2, 0.25) is 5.02 Å². The number of nitrogens with one attached hydrogen (secondary N) is 2. The Morgan fingerprint density at radius 2 is 1.96 bits per heavy atom. The lowest BCUT2D eigenvalue weighted by Crippen LogP contribution is -2.34. The molecule has 1 heterocycles. The van der Waals surface area contributed by atoms with E-state index in [0.29, 0.717) is 16.3 Å². The Balaban J connectivity index is 1.68. The maximum absolute atomic E-state index is 12.6. The van der Waals surface area contributed by atoms with Gasteiger partial charge < -0.3 is 15.2 Å². The zero-order valence-electron chi connectivity index (χ0n) is 14.0. The van der Waals surface area contributed by atoms with Crippen molar-refractivity contribution < 1.29 is 9.59 Å². The fourth-order valence-electron chi connectivity index (χ4n) is 2.61. The van der Waals surface area contributed by atoms with Gasteiger partial charge in [-0.25, -0.2) is 0 Å². The minimum Gasteiger partial charge on any atom is -0.360 e. The van der Waals surface area contributed by atoms with E-state index in [9.17, 15) is 9.59 Å². The van der Waals surface area contributed by atoms with Gasteiger partial charge in [0.05, 0.1) is 12.1 Å². The summed E-state index contributed by atoms with van der Waals surface area (Å²) in [7, 11) is 1.60. The van der Waals surface area contributed by atoms with Crippen LogP contribution in [0.1, 0.15) is 15.9 Å². The number of carbonyl (C=O) groups is 2. The highest BCUT2D eigenvalue weighted by Gasteiger charge is 2.18. The van der Waals surface area contributed by atoms with Gasteiger partial charge in [-0.2, -0.15) is 0 Å². The van der Waals surface area contributed by atoms with Crippen molar-refractivity contribution in [2.24, 2.45) is 0 Å². The fourth-order valence-corrected chi connectivity index (χ4v) is 2.79. The van der Waals surface area contributed by atoms with E-state index in [1.54, 1.807) is 25.4 Å². The van der Waals surface area contributed by atoms with Crippen molar-refractivity contribution in [3.63, 3.8) is 0 Å². The first kappa shape index (κ1) is 17.0. The summed E-state index contributed by atoms with van der Waals surface area (Å²) in [6.07, 6.45) is 1.67. The molecule has 1 aromatic heterocycles. The summed E-state index contributed by atoms with van der Waals surface area (Å²) < 4.78 is 0. The third kappa shape index (κ3) is 3.67. The van der Waals surface area contributed by atoms with Crippen LogP contribution in [0.15, 0.2) is 48.7 Å². The number of aromatic nitrogens is 1. The van der Waals surface area contributed by atoms with Crippen LogP contribution in [0.25, 0.3) is 10.9 Å². The molecule has 2 aromatic carbocycles. The van der Waals surface area contributed by atoms with Crippen LogP contribution in [0, 0.1) is 6.92 Å². The second-order valence-corrected chi connectivity index (χ2v) is 6.33. The number of hydrogen-bond donors (Lipinski definition) is 2. The number of fused-ring (bicyclic) bond motifs is 1. The van der Waals surface area contributed by atoms with Crippen molar-refractivity contribution in [1.29, 1.82) is 0 Å². The van der Waals surface area contributed by atoms with E-state index in [4.69, 9.17) is 11.6 Å². The van der Waals surface area contributed by atoms with E-state index in [0.717, 1.165) is 16.5 Å². The quantitative estimate of drug-likeness (QED) is 0.746. The van der Waals surface area contributed by atoms with Gasteiger partial charge in [0.25, 0.3) is 5.91 Å². The molecule has 0 spiro atoms. The van der Waals surface area contributed by atoms with Crippen molar-refractivity contribution in [2.45, 2.75) is 6.92 Å². The Labute approximate surface area is 150 Å². The predicted octanol–water partition coefficient (Wildman–Crippen LogP) is 3.84. The summed E-state index contributed by atoms with van der Waals surface area (Å²) in [5.74, 6) is -0.495. The average molecular weight is 356 g/mol. The molecule has 0 atom stereocenters. The standard InChI is InChI=1S/C19H18ClN3O2/c1-12-7-8-13(9-16(12)20)22-18(24)11-23(2)19(25)15-10-21-17-6-4-3-5-14(15)17/h3-10,21H,11H2,1-2H3,(H,22,24). The number of nitrogens with zero attached hydrogens (tertiary/aromatic N) is 1. The van der Waals surface area contributed by atoms with E-state index in [1.807, 2.05) is 37.3 Å². The highest BCUT2D eigenvalue weighted by Crippen LogP contribution is 2.21. The summed E-state index contributed by atoms with van der Waals surface area (Å²) in [5.41, 5.74) is 2.97. The topological polar surface area (TPSA) is 65.2 Å². The van der Waals surface area contributed by atoms with Crippen molar-refractivity contribution >= 4 is 40.0 Å². The Morgan fingerprint density at radius 3 is 2.72 bits per heavy atom. The summed E-state index contributed by atoms with van der Waals surface area (Å²) in [4.78, 5) is 29.3. The lowest BCUT2D eigenvalue weighted by molar-refractivity contribution is -0.116. The third-order valence-corrected chi connectivity index (χ3v) is 4.41. The molecular weight excluding hydrogens is 338 g/mol. The normalized spacial score (nSPS) is 10.7. The van der Waals surface area contributed by atoms with E-state index in [1.165, 1.54) is 4.90 Å². The van der Waals surface area contributed by atoms with Gasteiger partial charge in [0.2, 0.25) is 5.91 Å². The lowest BCUT2D eigenvalue weighted by atomic mass is 10.1. The first-order valence-corrected chi connectivity index (χ1v) is 8.21. The van der Waals surface area contributed by atoms with Gasteiger partial charge >= 0.3 is 0 Å². The first-order chi connectivity index (χ1) is 12.0. The molecule has 5 nitrogen and oxygen atoms in total. The monoisotopic (exact) mass is 355 g/mol. The number of H-pyrrole nitrogens is 1. The number of benzene rings is 2. The molecule has 25 heavy (non-hydrogen) atoms. The number of anilines is 1. The average Bonchev–Trinajstić information content (AvgIpc) is 3.01. The number of halogens is 1.